The maximum atomic E-state index is 15.0. The number of benzene rings is 3. The molecule has 0 radical (unpaired) electrons. The number of likely N-dealkylation sites (N-methyl/N-ethyl adjacent to an activating group) is 1. The summed E-state index contributed by atoms with van der Waals surface area (Å²) in [5, 5.41) is 39.1. The summed E-state index contributed by atoms with van der Waals surface area (Å²) in [6.07, 6.45) is 0.262. The van der Waals surface area contributed by atoms with Gasteiger partial charge in [0.15, 0.2) is 28.5 Å². The average Bonchev–Trinajstić information content (AvgIpc) is 3.76. The highest BCUT2D eigenvalue weighted by molar-refractivity contribution is 7.99. The van der Waals surface area contributed by atoms with E-state index >= 15 is 0 Å². The van der Waals surface area contributed by atoms with Crippen molar-refractivity contribution in [1.29, 1.82) is 0 Å². The lowest BCUT2D eigenvalue weighted by molar-refractivity contribution is -0.215. The summed E-state index contributed by atoms with van der Waals surface area (Å²) in [4.78, 5) is 48.3. The van der Waals surface area contributed by atoms with Gasteiger partial charge >= 0.3 is 17.9 Å². The normalized spacial score (nSPS) is 30.9. The first-order valence-electron chi connectivity index (χ1n) is 18.9. The number of nitrogens with zero attached hydrogens (tertiary/aromatic N) is 2. The summed E-state index contributed by atoms with van der Waals surface area (Å²) in [5.74, 6) is -1.00. The number of fused-ring (bicyclic) bond motifs is 8. The Morgan fingerprint density at radius 3 is 2.60 bits per heavy atom. The molecule has 1 aromatic heterocycles. The highest BCUT2D eigenvalue weighted by atomic mass is 32.2. The van der Waals surface area contributed by atoms with E-state index in [0.717, 1.165) is 16.5 Å². The predicted molar refractivity (Wildman–Crippen MR) is 205 cm³/mol. The number of hydrogen-bond donors (Lipinski definition) is 5. The van der Waals surface area contributed by atoms with Gasteiger partial charge in [-0.15, -0.1) is 11.8 Å². The van der Waals surface area contributed by atoms with Crippen LogP contribution in [0, 0.1) is 13.8 Å². The molecule has 8 aliphatic rings. The van der Waals surface area contributed by atoms with Gasteiger partial charge in [-0.25, -0.2) is 4.79 Å². The molecular weight excluding hydrogens is 757 g/mol. The van der Waals surface area contributed by atoms with Crippen molar-refractivity contribution >= 4 is 40.6 Å². The van der Waals surface area contributed by atoms with E-state index in [2.05, 4.69) is 10.3 Å². The highest BCUT2D eigenvalue weighted by Crippen LogP contribution is 2.65. The van der Waals surface area contributed by atoms with Gasteiger partial charge in [-0.05, 0) is 43.7 Å². The van der Waals surface area contributed by atoms with Crippen LogP contribution in [0.25, 0.3) is 10.9 Å². The minimum absolute atomic E-state index is 0.0282. The maximum absolute atomic E-state index is 15.0. The largest absolute Gasteiger partial charge is 0.504 e. The number of carboxylic acids is 1. The number of thioether (sulfide) groups is 1. The number of ether oxygens (including phenoxy) is 5. The van der Waals surface area contributed by atoms with Crippen LogP contribution in [0.3, 0.4) is 0 Å². The molecule has 15 nitrogen and oxygen atoms in total. The third-order valence-corrected chi connectivity index (χ3v) is 14.3. The molecule has 5 N–H and O–H groups in total. The number of phenols is 1. The Bertz CT molecular complexity index is 2450. The van der Waals surface area contributed by atoms with Crippen molar-refractivity contribution < 1.29 is 53.4 Å². The van der Waals surface area contributed by atoms with Crippen molar-refractivity contribution in [3.63, 3.8) is 0 Å². The molecule has 3 unspecified atom stereocenters. The molecule has 4 aromatic rings. The van der Waals surface area contributed by atoms with E-state index in [1.54, 1.807) is 6.92 Å². The summed E-state index contributed by atoms with van der Waals surface area (Å²) in [5.41, 5.74) is 2.54. The number of H-pyrrole nitrogens is 1. The van der Waals surface area contributed by atoms with Gasteiger partial charge in [-0.2, -0.15) is 0 Å². The van der Waals surface area contributed by atoms with Crippen molar-refractivity contribution in [3.8, 4) is 28.7 Å². The molecule has 298 valence electrons. The van der Waals surface area contributed by atoms with E-state index < -0.39 is 58.6 Å². The molecule has 57 heavy (non-hydrogen) atoms. The molecule has 3 aromatic carbocycles. The number of aromatic nitrogens is 1. The quantitative estimate of drug-likeness (QED) is 0.149. The lowest BCUT2D eigenvalue weighted by atomic mass is 9.78. The van der Waals surface area contributed by atoms with Crippen molar-refractivity contribution in [3.05, 3.63) is 75.0 Å². The lowest BCUT2D eigenvalue weighted by Gasteiger charge is -2.60. The van der Waals surface area contributed by atoms with E-state index in [4.69, 9.17) is 23.7 Å². The van der Waals surface area contributed by atoms with Crippen LogP contribution in [-0.4, -0.2) is 106 Å². The molecule has 4 bridgehead atoms. The van der Waals surface area contributed by atoms with E-state index in [-0.39, 0.29) is 50.0 Å². The number of esters is 2. The Hall–Kier alpha value is -5.00. The highest BCUT2D eigenvalue weighted by Gasteiger charge is 2.64. The minimum Gasteiger partial charge on any atom is -0.504 e. The zero-order valence-electron chi connectivity index (χ0n) is 31.9. The standard InChI is InChI=1S/C41H42N4O11S/c1-17-10-20-12-40(51)14-44(4)29(26(20)31(47)32(17)52-5)30-36-28-27(35-34(54-16-55-35)18(2)33(28)56-19(3)46)25(45(30)40)13-53-39(50)41(15-57-36)37-22(11-24(43-41)38(48)49)21-8-6-7-9-23(21)42-37/h6-10,24-25,29-30,36,42-43,47,51H,11-16H2,1-5H3,(H,48,49)/t24-,25-,29?,30+,36+,40?,41+/m0/s1. The fraction of sp³-hybridized carbons (Fsp3) is 0.439. The number of aliphatic hydroxyl groups is 1. The van der Waals surface area contributed by atoms with Gasteiger partial charge in [0.05, 0.1) is 30.1 Å². The van der Waals surface area contributed by atoms with Crippen LogP contribution in [0.5, 0.6) is 28.7 Å². The zero-order valence-corrected chi connectivity index (χ0v) is 32.7. The van der Waals surface area contributed by atoms with Gasteiger partial charge in [0.2, 0.25) is 6.79 Å². The zero-order chi connectivity index (χ0) is 39.9. The van der Waals surface area contributed by atoms with Gasteiger partial charge in [-0.1, -0.05) is 24.3 Å². The van der Waals surface area contributed by atoms with Crippen LogP contribution in [0.4, 0.5) is 0 Å². The third kappa shape index (κ3) is 4.91. The number of hydrogen-bond acceptors (Lipinski definition) is 14. The number of aliphatic carboxylic acids is 1. The Balaban J connectivity index is 1.26. The topological polar surface area (TPSA) is 192 Å². The number of nitrogens with one attached hydrogen (secondary N) is 2. The first-order chi connectivity index (χ1) is 27.3. The second-order valence-electron chi connectivity index (χ2n) is 16.0. The summed E-state index contributed by atoms with van der Waals surface area (Å²) in [6, 6.07) is 6.27. The number of aryl methyl sites for hydroxylation is 1. The lowest BCUT2D eigenvalue weighted by Crippen LogP contribution is -2.70. The first kappa shape index (κ1) is 36.3. The third-order valence-electron chi connectivity index (χ3n) is 12.8. The van der Waals surface area contributed by atoms with E-state index in [9.17, 15) is 29.7 Å². The molecule has 12 rings (SSSR count). The number of rotatable bonds is 3. The van der Waals surface area contributed by atoms with Crippen LogP contribution >= 0.6 is 11.8 Å². The molecule has 0 amide bonds. The van der Waals surface area contributed by atoms with Gasteiger partial charge in [0.25, 0.3) is 0 Å². The number of methoxy groups -OCH3 is 1. The molecule has 8 aliphatic heterocycles. The summed E-state index contributed by atoms with van der Waals surface area (Å²) >= 11 is 1.37. The predicted octanol–water partition coefficient (Wildman–Crippen LogP) is 3.64. The molecule has 0 saturated carbocycles. The number of carbonyl (C=O) groups is 3. The van der Waals surface area contributed by atoms with E-state index in [0.29, 0.717) is 56.3 Å². The van der Waals surface area contributed by atoms with Crippen LogP contribution in [0.15, 0.2) is 30.3 Å². The Labute approximate surface area is 331 Å². The molecule has 9 heterocycles. The Kier molecular flexibility index (Phi) is 7.97. The van der Waals surface area contributed by atoms with Gasteiger partial charge < -0.3 is 44.0 Å². The summed E-state index contributed by atoms with van der Waals surface area (Å²) in [7, 11) is 3.41. The number of carboxylic acid groups (broad SMARTS) is 1. The maximum Gasteiger partial charge on any atom is 0.333 e. The second kappa shape index (κ2) is 12.5. The molecule has 8 atom stereocenters. The average molecular weight is 799 g/mol. The van der Waals surface area contributed by atoms with Gasteiger partial charge in [0.1, 0.15) is 24.1 Å². The molecule has 2 fully saturated rings. The minimum atomic E-state index is -1.66. The fourth-order valence-corrected chi connectivity index (χ4v) is 12.4. The van der Waals surface area contributed by atoms with E-state index in [1.807, 2.05) is 54.1 Å². The van der Waals surface area contributed by atoms with Crippen molar-refractivity contribution in [2.45, 2.75) is 74.3 Å². The van der Waals surface area contributed by atoms with Gasteiger partial charge in [-0.3, -0.25) is 24.7 Å². The number of carbonyl (C=O) groups excluding carboxylic acids is 2. The van der Waals surface area contributed by atoms with Crippen LogP contribution in [0.1, 0.15) is 68.9 Å². The molecular formula is C41H42N4O11S. The number of aromatic amines is 1. The summed E-state index contributed by atoms with van der Waals surface area (Å²) < 4.78 is 30.5. The number of aromatic hydroxyl groups is 1. The summed E-state index contributed by atoms with van der Waals surface area (Å²) in [6.45, 7) is 4.76. The number of phenolic OH excluding ortho intramolecular Hbond substituents is 1. The van der Waals surface area contributed by atoms with Crippen molar-refractivity contribution in [1.82, 2.24) is 20.1 Å². The molecule has 1 spiro atoms. The number of piperazine rings is 1. The SMILES string of the molecule is COc1c(C)cc2c(c1O)C1[C@@H]3[C@@H]4SC[C@]5(N[C@H](C(=O)O)Cc6c5[nH]c5ccccc65)C(=O)OC[C@@H](c5c6c(c(C)c(OC(C)=O)c54)OCO6)N3C(O)(C2)CN1C. The van der Waals surface area contributed by atoms with Gasteiger partial charge in [0, 0.05) is 71.3 Å². The monoisotopic (exact) mass is 798 g/mol. The van der Waals surface area contributed by atoms with Crippen LogP contribution in [0.2, 0.25) is 0 Å². The van der Waals surface area contributed by atoms with Crippen LogP contribution in [-0.2, 0) is 37.5 Å². The second-order valence-corrected chi connectivity index (χ2v) is 17.1. The Morgan fingerprint density at radius 1 is 1.07 bits per heavy atom. The van der Waals surface area contributed by atoms with Crippen molar-refractivity contribution in [2.24, 2.45) is 0 Å². The Morgan fingerprint density at radius 2 is 1.84 bits per heavy atom. The first-order valence-corrected chi connectivity index (χ1v) is 20.0. The molecule has 16 heteroatoms. The molecule has 0 aliphatic carbocycles. The smallest absolute Gasteiger partial charge is 0.333 e. The van der Waals surface area contributed by atoms with Crippen LogP contribution < -0.4 is 24.3 Å². The fourth-order valence-electron chi connectivity index (χ4n) is 10.7. The molecule has 2 saturated heterocycles. The number of para-hydroxylation sites is 1. The van der Waals surface area contributed by atoms with Crippen molar-refractivity contribution in [2.75, 3.05) is 39.9 Å². The van der Waals surface area contributed by atoms with E-state index in [1.165, 1.54) is 25.8 Å².